The summed E-state index contributed by atoms with van der Waals surface area (Å²) in [4.78, 5) is 0. The third-order valence-corrected chi connectivity index (χ3v) is 2.21. The number of hydrogen-bond donors (Lipinski definition) is 2. The van der Waals surface area contributed by atoms with Crippen molar-refractivity contribution in [1.82, 2.24) is 0 Å². The minimum atomic E-state index is 0.218. The lowest BCUT2D eigenvalue weighted by atomic mass is 10.2. The zero-order chi connectivity index (χ0) is 12.1. The number of aryl methyl sites for hydroxylation is 1. The summed E-state index contributed by atoms with van der Waals surface area (Å²) in [5.41, 5.74) is 5.59. The number of rotatable bonds is 3. The summed E-state index contributed by atoms with van der Waals surface area (Å²) in [7, 11) is 0. The van der Waals surface area contributed by atoms with Gasteiger partial charge in [-0.25, -0.2) is 0 Å². The maximum atomic E-state index is 9.10. The van der Waals surface area contributed by atoms with Gasteiger partial charge in [0.25, 0.3) is 0 Å². The van der Waals surface area contributed by atoms with Crippen molar-refractivity contribution in [2.75, 3.05) is 5.43 Å². The van der Waals surface area contributed by atoms with Crippen molar-refractivity contribution in [3.05, 3.63) is 54.1 Å². The van der Waals surface area contributed by atoms with Crippen molar-refractivity contribution in [2.45, 2.75) is 6.92 Å². The summed E-state index contributed by atoms with van der Waals surface area (Å²) >= 11 is 0. The molecule has 0 aliphatic heterocycles. The van der Waals surface area contributed by atoms with Crippen LogP contribution in [0, 0.1) is 6.92 Å². The average molecular weight is 227 g/mol. The van der Waals surface area contributed by atoms with Gasteiger partial charge in [-0.1, -0.05) is 17.4 Å². The van der Waals surface area contributed by atoms with Crippen LogP contribution in [0.5, 0.6) is 5.75 Å². The monoisotopic (exact) mass is 227 g/mol. The van der Waals surface area contributed by atoms with Crippen LogP contribution in [0.2, 0.25) is 0 Å². The number of benzene rings is 2. The molecule has 2 aromatic carbocycles. The highest BCUT2D eigenvalue weighted by atomic mass is 16.3. The van der Waals surface area contributed by atoms with Crippen molar-refractivity contribution in [2.24, 2.45) is 10.3 Å². The van der Waals surface area contributed by atoms with Crippen LogP contribution in [0.4, 0.5) is 11.4 Å². The molecular weight excluding hydrogens is 214 g/mol. The highest BCUT2D eigenvalue weighted by Crippen LogP contribution is 2.17. The Kier molecular flexibility index (Phi) is 3.35. The first-order chi connectivity index (χ1) is 8.24. The normalized spacial score (nSPS) is 10.6. The highest BCUT2D eigenvalue weighted by molar-refractivity contribution is 5.45. The van der Waals surface area contributed by atoms with Gasteiger partial charge in [-0.2, -0.15) is 0 Å². The predicted octanol–water partition coefficient (Wildman–Crippen LogP) is 3.81. The Morgan fingerprint density at radius 1 is 1.06 bits per heavy atom. The quantitative estimate of drug-likeness (QED) is 0.618. The standard InChI is InChI=1S/C13H13N3O/c1-10-3-2-4-12(9-10)15-16-14-11-5-7-13(17)8-6-11/h2-9,17H,1H3,(H,14,15). The molecule has 0 saturated heterocycles. The second-order valence-electron chi connectivity index (χ2n) is 3.70. The van der Waals surface area contributed by atoms with Crippen LogP contribution in [0.3, 0.4) is 0 Å². The molecule has 0 aliphatic carbocycles. The van der Waals surface area contributed by atoms with Crippen molar-refractivity contribution in [3.63, 3.8) is 0 Å². The minimum absolute atomic E-state index is 0.218. The van der Waals surface area contributed by atoms with E-state index in [1.54, 1.807) is 24.3 Å². The number of phenolic OH excluding ortho intramolecular Hbond substituents is 1. The fourth-order valence-electron chi connectivity index (χ4n) is 1.37. The van der Waals surface area contributed by atoms with Crippen molar-refractivity contribution >= 4 is 11.4 Å². The molecule has 0 atom stereocenters. The van der Waals surface area contributed by atoms with Gasteiger partial charge in [0.1, 0.15) is 5.75 Å². The molecule has 2 rings (SSSR count). The van der Waals surface area contributed by atoms with E-state index in [9.17, 15) is 0 Å². The minimum Gasteiger partial charge on any atom is -0.508 e. The molecule has 86 valence electrons. The van der Waals surface area contributed by atoms with Gasteiger partial charge < -0.3 is 5.11 Å². The second-order valence-corrected chi connectivity index (χ2v) is 3.70. The maximum absolute atomic E-state index is 9.10. The summed E-state index contributed by atoms with van der Waals surface area (Å²) in [6.45, 7) is 2.02. The fraction of sp³-hybridized carbons (Fsp3) is 0.0769. The van der Waals surface area contributed by atoms with Gasteiger partial charge in [0, 0.05) is 0 Å². The van der Waals surface area contributed by atoms with Crippen LogP contribution in [0.15, 0.2) is 58.9 Å². The van der Waals surface area contributed by atoms with E-state index in [1.807, 2.05) is 31.2 Å². The van der Waals surface area contributed by atoms with Gasteiger partial charge >= 0.3 is 0 Å². The Labute approximate surface area is 99.6 Å². The first-order valence-electron chi connectivity index (χ1n) is 5.26. The number of phenols is 1. The number of hydrogen-bond acceptors (Lipinski definition) is 3. The number of nitrogens with zero attached hydrogens (tertiary/aromatic N) is 2. The van der Waals surface area contributed by atoms with Crippen LogP contribution in [0.25, 0.3) is 0 Å². The lowest BCUT2D eigenvalue weighted by Gasteiger charge is -1.99. The van der Waals surface area contributed by atoms with Crippen LogP contribution >= 0.6 is 0 Å². The maximum Gasteiger partial charge on any atom is 0.115 e. The van der Waals surface area contributed by atoms with Gasteiger partial charge in [-0.3, -0.25) is 5.43 Å². The van der Waals surface area contributed by atoms with E-state index in [0.717, 1.165) is 11.3 Å². The van der Waals surface area contributed by atoms with Crippen molar-refractivity contribution in [1.29, 1.82) is 0 Å². The molecule has 4 heteroatoms. The molecule has 0 radical (unpaired) electrons. The molecule has 0 amide bonds. The fourth-order valence-corrected chi connectivity index (χ4v) is 1.37. The largest absolute Gasteiger partial charge is 0.508 e. The Morgan fingerprint density at radius 3 is 2.53 bits per heavy atom. The number of anilines is 1. The lowest BCUT2D eigenvalue weighted by molar-refractivity contribution is 0.475. The molecule has 2 N–H and O–H groups in total. The molecular formula is C13H13N3O. The molecule has 2 aromatic rings. The summed E-state index contributed by atoms with van der Waals surface area (Å²) < 4.78 is 0. The molecule has 0 bridgehead atoms. The third-order valence-electron chi connectivity index (χ3n) is 2.21. The molecule has 0 aromatic heterocycles. The Morgan fingerprint density at radius 2 is 1.82 bits per heavy atom. The first kappa shape index (κ1) is 11.1. The molecule has 0 fully saturated rings. The summed E-state index contributed by atoms with van der Waals surface area (Å²) in [5, 5.41) is 17.0. The van der Waals surface area contributed by atoms with Crippen molar-refractivity contribution < 1.29 is 5.11 Å². The van der Waals surface area contributed by atoms with Crippen LogP contribution in [-0.2, 0) is 0 Å². The zero-order valence-electron chi connectivity index (χ0n) is 9.46. The second kappa shape index (κ2) is 5.12. The van der Waals surface area contributed by atoms with Crippen LogP contribution in [0.1, 0.15) is 5.56 Å². The highest BCUT2D eigenvalue weighted by Gasteiger charge is 1.91. The van der Waals surface area contributed by atoms with Gasteiger partial charge in [-0.15, -0.1) is 5.11 Å². The van der Waals surface area contributed by atoms with E-state index in [0.29, 0.717) is 5.69 Å². The Hall–Kier alpha value is -2.36. The zero-order valence-corrected chi connectivity index (χ0v) is 9.46. The van der Waals surface area contributed by atoms with E-state index in [2.05, 4.69) is 15.8 Å². The lowest BCUT2D eigenvalue weighted by Crippen LogP contribution is -1.86. The van der Waals surface area contributed by atoms with E-state index >= 15 is 0 Å². The molecule has 17 heavy (non-hydrogen) atoms. The van der Waals surface area contributed by atoms with E-state index in [4.69, 9.17) is 5.11 Å². The van der Waals surface area contributed by atoms with Gasteiger partial charge in [0.2, 0.25) is 0 Å². The predicted molar refractivity (Wildman–Crippen MR) is 67.4 cm³/mol. The van der Waals surface area contributed by atoms with E-state index < -0.39 is 0 Å². The van der Waals surface area contributed by atoms with E-state index in [-0.39, 0.29) is 5.75 Å². The Bertz CT molecular complexity index is 520. The first-order valence-corrected chi connectivity index (χ1v) is 5.26. The van der Waals surface area contributed by atoms with Crippen molar-refractivity contribution in [3.8, 4) is 5.75 Å². The molecule has 0 unspecified atom stereocenters. The summed E-state index contributed by atoms with van der Waals surface area (Å²) in [5.74, 6) is 0.218. The summed E-state index contributed by atoms with van der Waals surface area (Å²) in [6.07, 6.45) is 0. The van der Waals surface area contributed by atoms with Crippen LogP contribution in [-0.4, -0.2) is 5.11 Å². The molecule has 4 nitrogen and oxygen atoms in total. The average Bonchev–Trinajstić information content (AvgIpc) is 2.32. The Balaban J connectivity index is 2.00. The van der Waals surface area contributed by atoms with Gasteiger partial charge in [0.15, 0.2) is 0 Å². The van der Waals surface area contributed by atoms with Crippen LogP contribution < -0.4 is 5.43 Å². The van der Waals surface area contributed by atoms with E-state index in [1.165, 1.54) is 0 Å². The smallest absolute Gasteiger partial charge is 0.115 e. The SMILES string of the molecule is Cc1cccc(NN=Nc2ccc(O)cc2)c1. The molecule has 0 saturated carbocycles. The number of nitrogens with one attached hydrogen (secondary N) is 1. The molecule has 0 heterocycles. The molecule has 0 spiro atoms. The van der Waals surface area contributed by atoms with Gasteiger partial charge in [0.05, 0.1) is 11.4 Å². The molecule has 0 aliphatic rings. The summed E-state index contributed by atoms with van der Waals surface area (Å²) in [6, 6.07) is 14.4. The van der Waals surface area contributed by atoms with Gasteiger partial charge in [-0.05, 0) is 48.9 Å². The number of aromatic hydroxyl groups is 1. The topological polar surface area (TPSA) is 57.0 Å². The third kappa shape index (κ3) is 3.31.